The summed E-state index contributed by atoms with van der Waals surface area (Å²) in [5.41, 5.74) is -0.111. The zero-order chi connectivity index (χ0) is 17.7. The SMILES string of the molecule is Cc1ccc(OC2(C(=O)O)CCN(C(=O)C3CC34CCC4)CC2)cn1. The van der Waals surface area contributed by atoms with Crippen LogP contribution in [0.5, 0.6) is 5.75 Å². The van der Waals surface area contributed by atoms with Crippen LogP contribution in [0.4, 0.5) is 0 Å². The minimum atomic E-state index is -1.27. The molecule has 134 valence electrons. The number of hydrogen-bond donors (Lipinski definition) is 1. The Morgan fingerprint density at radius 3 is 2.44 bits per heavy atom. The lowest BCUT2D eigenvalue weighted by Crippen LogP contribution is -2.54. The number of carbonyl (C=O) groups excluding carboxylic acids is 1. The number of carboxylic acids is 1. The molecule has 3 aliphatic rings. The van der Waals surface area contributed by atoms with E-state index >= 15 is 0 Å². The lowest BCUT2D eigenvalue weighted by Gasteiger charge is -2.39. The lowest BCUT2D eigenvalue weighted by atomic mass is 9.79. The quantitative estimate of drug-likeness (QED) is 0.907. The molecule has 2 aliphatic carbocycles. The van der Waals surface area contributed by atoms with E-state index in [-0.39, 0.29) is 11.8 Å². The Bertz CT molecular complexity index is 688. The van der Waals surface area contributed by atoms with Crippen molar-refractivity contribution in [2.45, 2.75) is 51.0 Å². The van der Waals surface area contributed by atoms with Gasteiger partial charge in [0.25, 0.3) is 0 Å². The minimum absolute atomic E-state index is 0.181. The summed E-state index contributed by atoms with van der Waals surface area (Å²) in [5, 5.41) is 9.73. The van der Waals surface area contributed by atoms with Gasteiger partial charge in [-0.2, -0.15) is 0 Å². The first-order valence-electron chi connectivity index (χ1n) is 9.08. The molecule has 1 aliphatic heterocycles. The zero-order valence-electron chi connectivity index (χ0n) is 14.5. The summed E-state index contributed by atoms with van der Waals surface area (Å²) in [6.45, 7) is 2.75. The van der Waals surface area contributed by atoms with Crippen LogP contribution in [-0.2, 0) is 9.59 Å². The lowest BCUT2D eigenvalue weighted by molar-refractivity contribution is -0.162. The molecule has 1 aromatic rings. The third-order valence-electron chi connectivity index (χ3n) is 6.31. The normalized spacial score (nSPS) is 26.0. The monoisotopic (exact) mass is 344 g/mol. The highest BCUT2D eigenvalue weighted by Crippen LogP contribution is 2.66. The number of amides is 1. The fraction of sp³-hybridized carbons (Fsp3) is 0.632. The zero-order valence-corrected chi connectivity index (χ0v) is 14.5. The Morgan fingerprint density at radius 2 is 1.96 bits per heavy atom. The molecule has 3 fully saturated rings. The molecule has 1 N–H and O–H groups in total. The van der Waals surface area contributed by atoms with Crippen LogP contribution in [0.15, 0.2) is 18.3 Å². The average molecular weight is 344 g/mol. The number of likely N-dealkylation sites (tertiary alicyclic amines) is 1. The number of carbonyl (C=O) groups is 2. The van der Waals surface area contributed by atoms with E-state index in [1.165, 1.54) is 19.3 Å². The second-order valence-corrected chi connectivity index (χ2v) is 7.83. The predicted molar refractivity (Wildman–Crippen MR) is 90.2 cm³/mol. The average Bonchev–Trinajstić information content (AvgIpc) is 3.33. The van der Waals surface area contributed by atoms with Gasteiger partial charge in [-0.1, -0.05) is 6.42 Å². The van der Waals surface area contributed by atoms with Gasteiger partial charge < -0.3 is 14.7 Å². The molecule has 6 nitrogen and oxygen atoms in total. The number of piperidine rings is 1. The summed E-state index contributed by atoms with van der Waals surface area (Å²) < 4.78 is 5.84. The van der Waals surface area contributed by atoms with E-state index in [1.54, 1.807) is 18.3 Å². The fourth-order valence-corrected chi connectivity index (χ4v) is 4.29. The van der Waals surface area contributed by atoms with E-state index in [9.17, 15) is 14.7 Å². The first-order chi connectivity index (χ1) is 11.9. The Hall–Kier alpha value is -2.11. The second kappa shape index (κ2) is 5.71. The molecular weight excluding hydrogens is 320 g/mol. The summed E-state index contributed by atoms with van der Waals surface area (Å²) >= 11 is 0. The van der Waals surface area contributed by atoms with E-state index < -0.39 is 11.6 Å². The van der Waals surface area contributed by atoms with Crippen molar-refractivity contribution in [1.29, 1.82) is 0 Å². The van der Waals surface area contributed by atoms with Gasteiger partial charge in [0.1, 0.15) is 5.75 Å². The molecule has 1 spiro atoms. The number of nitrogens with zero attached hydrogens (tertiary/aromatic N) is 2. The van der Waals surface area contributed by atoms with Gasteiger partial charge >= 0.3 is 5.97 Å². The van der Waals surface area contributed by atoms with Gasteiger partial charge in [0.2, 0.25) is 11.5 Å². The largest absolute Gasteiger partial charge is 0.478 e. The third-order valence-corrected chi connectivity index (χ3v) is 6.31. The molecule has 0 aromatic carbocycles. The second-order valence-electron chi connectivity index (χ2n) is 7.83. The molecule has 6 heteroatoms. The van der Waals surface area contributed by atoms with Crippen molar-refractivity contribution in [3.63, 3.8) is 0 Å². The van der Waals surface area contributed by atoms with Crippen LogP contribution in [0.1, 0.15) is 44.2 Å². The topological polar surface area (TPSA) is 79.7 Å². The highest BCUT2D eigenvalue weighted by atomic mass is 16.5. The van der Waals surface area contributed by atoms with Gasteiger partial charge in [0.15, 0.2) is 0 Å². The van der Waals surface area contributed by atoms with E-state index in [4.69, 9.17) is 4.74 Å². The molecule has 4 rings (SSSR count). The molecule has 1 atom stereocenters. The number of aliphatic carboxylic acids is 1. The number of rotatable bonds is 4. The maximum atomic E-state index is 12.7. The number of carboxylic acid groups (broad SMARTS) is 1. The van der Waals surface area contributed by atoms with Crippen molar-refractivity contribution >= 4 is 11.9 Å². The number of ether oxygens (including phenoxy) is 1. The maximum Gasteiger partial charge on any atom is 0.348 e. The Morgan fingerprint density at radius 1 is 1.24 bits per heavy atom. The van der Waals surface area contributed by atoms with E-state index in [2.05, 4.69) is 4.98 Å². The molecule has 0 radical (unpaired) electrons. The first-order valence-corrected chi connectivity index (χ1v) is 9.08. The Balaban J connectivity index is 1.41. The molecule has 1 aromatic heterocycles. The van der Waals surface area contributed by atoms with Crippen molar-refractivity contribution in [2.75, 3.05) is 13.1 Å². The van der Waals surface area contributed by atoms with Crippen LogP contribution in [-0.4, -0.2) is 45.6 Å². The first kappa shape index (κ1) is 16.4. The number of hydrogen-bond acceptors (Lipinski definition) is 4. The predicted octanol–water partition coefficient (Wildman–Crippen LogP) is 2.40. The third kappa shape index (κ3) is 2.77. The van der Waals surface area contributed by atoms with Crippen molar-refractivity contribution in [2.24, 2.45) is 11.3 Å². The van der Waals surface area contributed by atoms with Crippen molar-refractivity contribution in [1.82, 2.24) is 9.88 Å². The number of aryl methyl sites for hydroxylation is 1. The molecule has 25 heavy (non-hydrogen) atoms. The van der Waals surface area contributed by atoms with Crippen molar-refractivity contribution in [3.05, 3.63) is 24.0 Å². The highest BCUT2D eigenvalue weighted by molar-refractivity contribution is 5.84. The van der Waals surface area contributed by atoms with Crippen LogP contribution >= 0.6 is 0 Å². The summed E-state index contributed by atoms with van der Waals surface area (Å²) in [7, 11) is 0. The van der Waals surface area contributed by atoms with Gasteiger partial charge in [-0.3, -0.25) is 9.78 Å². The molecule has 2 saturated carbocycles. The van der Waals surface area contributed by atoms with Crippen molar-refractivity contribution < 1.29 is 19.4 Å². The van der Waals surface area contributed by atoms with Gasteiger partial charge in [0.05, 0.1) is 6.20 Å². The van der Waals surface area contributed by atoms with Gasteiger partial charge in [-0.15, -0.1) is 0 Å². The van der Waals surface area contributed by atoms with Crippen LogP contribution in [0, 0.1) is 18.3 Å². The molecule has 1 amide bonds. The van der Waals surface area contributed by atoms with Crippen LogP contribution in [0.2, 0.25) is 0 Å². The van der Waals surface area contributed by atoms with Crippen LogP contribution < -0.4 is 4.74 Å². The molecular formula is C19H24N2O4. The summed E-state index contributed by atoms with van der Waals surface area (Å²) in [5.74, 6) is -0.109. The number of aromatic nitrogens is 1. The van der Waals surface area contributed by atoms with E-state index in [0.29, 0.717) is 37.1 Å². The van der Waals surface area contributed by atoms with Gasteiger partial charge in [-0.25, -0.2) is 4.79 Å². The van der Waals surface area contributed by atoms with Gasteiger partial charge in [-0.05, 0) is 43.7 Å². The fourth-order valence-electron chi connectivity index (χ4n) is 4.29. The minimum Gasteiger partial charge on any atom is -0.478 e. The van der Waals surface area contributed by atoms with Crippen molar-refractivity contribution in [3.8, 4) is 5.75 Å². The van der Waals surface area contributed by atoms with E-state index in [0.717, 1.165) is 12.1 Å². The Labute approximate surface area is 147 Å². The summed E-state index contributed by atoms with van der Waals surface area (Å²) in [6.07, 6.45) is 6.80. The molecule has 1 saturated heterocycles. The van der Waals surface area contributed by atoms with Gasteiger partial charge in [0, 0.05) is 37.5 Å². The highest BCUT2D eigenvalue weighted by Gasteiger charge is 2.62. The summed E-state index contributed by atoms with van der Waals surface area (Å²) in [4.78, 5) is 30.6. The molecule has 2 heterocycles. The molecule has 0 bridgehead atoms. The van der Waals surface area contributed by atoms with Crippen LogP contribution in [0.3, 0.4) is 0 Å². The smallest absolute Gasteiger partial charge is 0.348 e. The molecule has 1 unspecified atom stereocenters. The number of pyridine rings is 1. The summed E-state index contributed by atoms with van der Waals surface area (Å²) in [6, 6.07) is 3.55. The van der Waals surface area contributed by atoms with E-state index in [1.807, 2.05) is 11.8 Å². The maximum absolute atomic E-state index is 12.7. The van der Waals surface area contributed by atoms with Crippen LogP contribution in [0.25, 0.3) is 0 Å². The Kier molecular flexibility index (Phi) is 3.74. The standard InChI is InChI=1S/C19H24N2O4/c1-13-3-4-14(12-20-13)25-19(17(23)24)7-9-21(10-8-19)16(22)15-11-18(15)5-2-6-18/h3-4,12,15H,2,5-11H2,1H3,(H,23,24).